The average molecular weight is 377 g/mol. The lowest BCUT2D eigenvalue weighted by atomic mass is 10.0. The number of benzene rings is 1. The molecule has 0 atom stereocenters. The lowest BCUT2D eigenvalue weighted by Gasteiger charge is -2.18. The standard InChI is InChI=1S/C21H32N2O2S/c1-4-7-8-9-10-19-17-18(12-14-21(24)22-25)11-13-20(19)26-16-15-23(5-2)6-3/h4,11-14,17,25H,1,5-10,15-16H2,2-3H3,(H,22,24)/b14-12+. The van der Waals surface area contributed by atoms with Crippen molar-refractivity contribution in [1.29, 1.82) is 0 Å². The topological polar surface area (TPSA) is 52.6 Å². The molecule has 1 rings (SSSR count). The van der Waals surface area contributed by atoms with Crippen molar-refractivity contribution in [3.8, 4) is 0 Å². The van der Waals surface area contributed by atoms with Gasteiger partial charge in [-0.2, -0.15) is 0 Å². The number of carbonyl (C=O) groups is 1. The fourth-order valence-corrected chi connectivity index (χ4v) is 3.76. The monoisotopic (exact) mass is 376 g/mol. The van der Waals surface area contributed by atoms with Crippen molar-refractivity contribution in [3.63, 3.8) is 0 Å². The molecule has 1 amide bonds. The van der Waals surface area contributed by atoms with E-state index in [-0.39, 0.29) is 0 Å². The van der Waals surface area contributed by atoms with Crippen LogP contribution in [0.5, 0.6) is 0 Å². The van der Waals surface area contributed by atoms with E-state index in [4.69, 9.17) is 5.21 Å². The van der Waals surface area contributed by atoms with E-state index in [1.165, 1.54) is 16.5 Å². The highest BCUT2D eigenvalue weighted by atomic mass is 32.2. The fraction of sp³-hybridized carbons (Fsp3) is 0.476. The molecule has 0 aliphatic rings. The first-order chi connectivity index (χ1) is 12.6. The van der Waals surface area contributed by atoms with Crippen LogP contribution in [-0.2, 0) is 11.2 Å². The quantitative estimate of drug-likeness (QED) is 0.133. The molecule has 4 nitrogen and oxygen atoms in total. The highest BCUT2D eigenvalue weighted by Crippen LogP contribution is 2.26. The van der Waals surface area contributed by atoms with E-state index in [1.807, 2.05) is 23.9 Å². The van der Waals surface area contributed by atoms with Gasteiger partial charge in [0.15, 0.2) is 0 Å². The molecule has 0 radical (unpaired) electrons. The van der Waals surface area contributed by atoms with Gasteiger partial charge in [0.2, 0.25) is 0 Å². The Labute approximate surface area is 162 Å². The number of carbonyl (C=O) groups excluding carboxylic acids is 1. The van der Waals surface area contributed by atoms with Gasteiger partial charge in [-0.3, -0.25) is 10.0 Å². The number of hydroxylamine groups is 1. The fourth-order valence-electron chi connectivity index (χ4n) is 2.68. The van der Waals surface area contributed by atoms with Crippen molar-refractivity contribution in [2.45, 2.75) is 44.4 Å². The molecule has 0 bridgehead atoms. The molecular weight excluding hydrogens is 344 g/mol. The van der Waals surface area contributed by atoms with Crippen molar-refractivity contribution in [2.75, 3.05) is 25.4 Å². The van der Waals surface area contributed by atoms with Crippen LogP contribution in [0, 0.1) is 0 Å². The molecule has 0 saturated carbocycles. The Bertz CT molecular complexity index is 583. The van der Waals surface area contributed by atoms with Crippen LogP contribution in [0.3, 0.4) is 0 Å². The summed E-state index contributed by atoms with van der Waals surface area (Å²) in [7, 11) is 0. The van der Waals surface area contributed by atoms with E-state index in [9.17, 15) is 4.79 Å². The molecule has 0 aliphatic heterocycles. The van der Waals surface area contributed by atoms with Crippen LogP contribution in [0.15, 0.2) is 41.8 Å². The molecule has 2 N–H and O–H groups in total. The molecule has 5 heteroatoms. The lowest BCUT2D eigenvalue weighted by Crippen LogP contribution is -2.25. The Hall–Kier alpha value is -1.56. The van der Waals surface area contributed by atoms with Crippen LogP contribution in [-0.4, -0.2) is 41.4 Å². The summed E-state index contributed by atoms with van der Waals surface area (Å²) >= 11 is 1.90. The molecule has 0 unspecified atom stereocenters. The van der Waals surface area contributed by atoms with Crippen molar-refractivity contribution in [2.24, 2.45) is 0 Å². The van der Waals surface area contributed by atoms with Gasteiger partial charge in [0.05, 0.1) is 0 Å². The summed E-state index contributed by atoms with van der Waals surface area (Å²) in [5.74, 6) is 0.555. The second kappa shape index (κ2) is 13.6. The highest BCUT2D eigenvalue weighted by Gasteiger charge is 2.06. The summed E-state index contributed by atoms with van der Waals surface area (Å²) in [6.45, 7) is 11.4. The highest BCUT2D eigenvalue weighted by molar-refractivity contribution is 7.99. The molecule has 0 aliphatic carbocycles. The zero-order chi connectivity index (χ0) is 19.2. The predicted octanol–water partition coefficient (Wildman–Crippen LogP) is 4.54. The summed E-state index contributed by atoms with van der Waals surface area (Å²) in [6.07, 6.45) is 9.36. The molecule has 26 heavy (non-hydrogen) atoms. The Morgan fingerprint density at radius 2 is 2.08 bits per heavy atom. The van der Waals surface area contributed by atoms with Gasteiger partial charge in [-0.05, 0) is 62.0 Å². The van der Waals surface area contributed by atoms with Crippen LogP contribution in [0.4, 0.5) is 0 Å². The first-order valence-electron chi connectivity index (χ1n) is 9.35. The third kappa shape index (κ3) is 8.70. The summed E-state index contributed by atoms with van der Waals surface area (Å²) in [4.78, 5) is 14.9. The smallest absolute Gasteiger partial charge is 0.267 e. The zero-order valence-electron chi connectivity index (χ0n) is 16.0. The average Bonchev–Trinajstić information content (AvgIpc) is 2.67. The Balaban J connectivity index is 2.79. The molecular formula is C21H32N2O2S. The number of thioether (sulfide) groups is 1. The van der Waals surface area contributed by atoms with Crippen LogP contribution in [0.2, 0.25) is 0 Å². The molecule has 0 heterocycles. The Kier molecular flexibility index (Phi) is 11.8. The molecule has 1 aromatic carbocycles. The number of hydrogen-bond donors (Lipinski definition) is 2. The van der Waals surface area contributed by atoms with Crippen molar-refractivity contribution >= 4 is 23.7 Å². The van der Waals surface area contributed by atoms with Crippen molar-refractivity contribution in [3.05, 3.63) is 48.1 Å². The van der Waals surface area contributed by atoms with E-state index in [2.05, 4.69) is 37.5 Å². The minimum absolute atomic E-state index is 0.518. The summed E-state index contributed by atoms with van der Waals surface area (Å²) < 4.78 is 0. The van der Waals surface area contributed by atoms with Crippen LogP contribution >= 0.6 is 11.8 Å². The second-order valence-electron chi connectivity index (χ2n) is 6.09. The number of nitrogens with one attached hydrogen (secondary N) is 1. The van der Waals surface area contributed by atoms with Gasteiger partial charge in [-0.15, -0.1) is 18.3 Å². The van der Waals surface area contributed by atoms with Gasteiger partial charge in [-0.25, -0.2) is 5.48 Å². The molecule has 0 fully saturated rings. The third-order valence-corrected chi connectivity index (χ3v) is 5.38. The Morgan fingerprint density at radius 1 is 1.31 bits per heavy atom. The lowest BCUT2D eigenvalue weighted by molar-refractivity contribution is -0.124. The van der Waals surface area contributed by atoms with Crippen molar-refractivity contribution in [1.82, 2.24) is 10.4 Å². The van der Waals surface area contributed by atoms with Crippen LogP contribution in [0.25, 0.3) is 6.08 Å². The summed E-state index contributed by atoms with van der Waals surface area (Å²) in [6, 6.07) is 6.31. The summed E-state index contributed by atoms with van der Waals surface area (Å²) in [5, 5.41) is 8.59. The van der Waals surface area contributed by atoms with E-state index < -0.39 is 5.91 Å². The maximum absolute atomic E-state index is 11.2. The first-order valence-corrected chi connectivity index (χ1v) is 10.3. The second-order valence-corrected chi connectivity index (χ2v) is 7.22. The maximum Gasteiger partial charge on any atom is 0.267 e. The largest absolute Gasteiger partial charge is 0.303 e. The van der Waals surface area contributed by atoms with Gasteiger partial charge in [0, 0.05) is 23.3 Å². The van der Waals surface area contributed by atoms with E-state index in [0.717, 1.165) is 56.6 Å². The van der Waals surface area contributed by atoms with Crippen molar-refractivity contribution < 1.29 is 10.0 Å². The third-order valence-electron chi connectivity index (χ3n) is 4.29. The van der Waals surface area contributed by atoms with Gasteiger partial charge < -0.3 is 4.90 Å². The normalized spacial score (nSPS) is 11.2. The van der Waals surface area contributed by atoms with E-state index >= 15 is 0 Å². The first kappa shape index (κ1) is 22.5. The number of nitrogens with zero attached hydrogens (tertiary/aromatic N) is 1. The number of amides is 1. The van der Waals surface area contributed by atoms with Crippen LogP contribution in [0.1, 0.15) is 44.2 Å². The van der Waals surface area contributed by atoms with Crippen LogP contribution < -0.4 is 5.48 Å². The molecule has 0 spiro atoms. The van der Waals surface area contributed by atoms with E-state index in [0.29, 0.717) is 0 Å². The minimum Gasteiger partial charge on any atom is -0.303 e. The number of hydrogen-bond acceptors (Lipinski definition) is 4. The van der Waals surface area contributed by atoms with Gasteiger partial charge in [0.1, 0.15) is 0 Å². The molecule has 144 valence electrons. The Morgan fingerprint density at radius 3 is 2.73 bits per heavy atom. The predicted molar refractivity (Wildman–Crippen MR) is 112 cm³/mol. The minimum atomic E-state index is -0.518. The molecule has 0 saturated heterocycles. The summed E-state index contributed by atoms with van der Waals surface area (Å²) in [5.41, 5.74) is 3.91. The van der Waals surface area contributed by atoms with Gasteiger partial charge in [-0.1, -0.05) is 32.1 Å². The number of unbranched alkanes of at least 4 members (excludes halogenated alkanes) is 2. The number of allylic oxidation sites excluding steroid dienone is 1. The number of rotatable bonds is 13. The molecule has 1 aromatic rings. The molecule has 0 aromatic heterocycles. The van der Waals surface area contributed by atoms with E-state index in [1.54, 1.807) is 11.6 Å². The SMILES string of the molecule is C=CCCCCc1cc(/C=C/C(=O)NO)ccc1SCCN(CC)CC. The zero-order valence-corrected chi connectivity index (χ0v) is 16.9. The maximum atomic E-state index is 11.2. The van der Waals surface area contributed by atoms with Gasteiger partial charge in [0.25, 0.3) is 5.91 Å². The van der Waals surface area contributed by atoms with Gasteiger partial charge >= 0.3 is 0 Å². The number of aryl methyl sites for hydroxylation is 1.